The molecule has 0 aliphatic carbocycles. The lowest BCUT2D eigenvalue weighted by molar-refractivity contribution is 0.0979. The van der Waals surface area contributed by atoms with E-state index in [2.05, 4.69) is 20.9 Å². The van der Waals surface area contributed by atoms with Crippen molar-refractivity contribution in [1.29, 1.82) is 0 Å². The summed E-state index contributed by atoms with van der Waals surface area (Å²) in [6.45, 7) is 0.707. The van der Waals surface area contributed by atoms with Crippen LogP contribution in [-0.2, 0) is 6.42 Å². The summed E-state index contributed by atoms with van der Waals surface area (Å²) in [6.07, 6.45) is 3.52. The minimum absolute atomic E-state index is 0.0804. The van der Waals surface area contributed by atoms with E-state index in [9.17, 15) is 4.79 Å². The first-order valence-electron chi connectivity index (χ1n) is 6.47. The first-order chi connectivity index (χ1) is 9.66. The van der Waals surface area contributed by atoms with E-state index in [0.29, 0.717) is 16.7 Å². The Hall–Kier alpha value is -1.88. The normalized spacial score (nSPS) is 13.9. The van der Waals surface area contributed by atoms with Crippen molar-refractivity contribution < 1.29 is 4.79 Å². The SMILES string of the molecule is Nc1ccc2c(c1)CCCN2C(=O)c1ncccc1Br. The molecule has 0 saturated carbocycles. The second-order valence-corrected chi connectivity index (χ2v) is 5.64. The van der Waals surface area contributed by atoms with Gasteiger partial charge in [-0.3, -0.25) is 4.79 Å². The molecule has 0 radical (unpaired) electrons. The molecule has 20 heavy (non-hydrogen) atoms. The monoisotopic (exact) mass is 331 g/mol. The van der Waals surface area contributed by atoms with Crippen LogP contribution in [0.1, 0.15) is 22.5 Å². The van der Waals surface area contributed by atoms with E-state index < -0.39 is 0 Å². The predicted molar refractivity (Wildman–Crippen MR) is 82.8 cm³/mol. The van der Waals surface area contributed by atoms with Gasteiger partial charge in [0.25, 0.3) is 5.91 Å². The minimum atomic E-state index is -0.0804. The molecule has 0 bridgehead atoms. The Labute approximate surface area is 125 Å². The number of amides is 1. The standard InChI is InChI=1S/C15H14BrN3O/c16-12-4-1-7-18-14(12)15(20)19-8-2-3-10-9-11(17)5-6-13(10)19/h1,4-7,9H,2-3,8,17H2. The van der Waals surface area contributed by atoms with E-state index in [1.54, 1.807) is 17.2 Å². The second kappa shape index (κ2) is 5.25. The first kappa shape index (κ1) is 13.1. The zero-order chi connectivity index (χ0) is 14.1. The van der Waals surface area contributed by atoms with Gasteiger partial charge in [-0.15, -0.1) is 0 Å². The molecule has 2 aromatic rings. The number of hydrogen-bond acceptors (Lipinski definition) is 3. The number of carbonyl (C=O) groups is 1. The number of rotatable bonds is 1. The highest BCUT2D eigenvalue weighted by molar-refractivity contribution is 9.10. The number of aryl methyl sites for hydroxylation is 1. The van der Waals surface area contributed by atoms with Crippen LogP contribution < -0.4 is 10.6 Å². The molecule has 0 saturated heterocycles. The lowest BCUT2D eigenvalue weighted by atomic mass is 10.0. The smallest absolute Gasteiger partial charge is 0.278 e. The average molecular weight is 332 g/mol. The van der Waals surface area contributed by atoms with E-state index in [4.69, 9.17) is 5.73 Å². The number of nitrogens with zero attached hydrogens (tertiary/aromatic N) is 2. The van der Waals surface area contributed by atoms with Crippen molar-refractivity contribution in [2.45, 2.75) is 12.8 Å². The van der Waals surface area contributed by atoms with E-state index in [1.165, 1.54) is 0 Å². The number of nitrogen functional groups attached to an aromatic ring is 1. The number of fused-ring (bicyclic) bond motifs is 1. The fourth-order valence-electron chi connectivity index (χ4n) is 2.50. The number of carbonyl (C=O) groups excluding carboxylic acids is 1. The van der Waals surface area contributed by atoms with E-state index >= 15 is 0 Å². The van der Waals surface area contributed by atoms with Crippen molar-refractivity contribution in [3.63, 3.8) is 0 Å². The summed E-state index contributed by atoms with van der Waals surface area (Å²) in [5, 5.41) is 0. The Bertz CT molecular complexity index is 672. The highest BCUT2D eigenvalue weighted by atomic mass is 79.9. The van der Waals surface area contributed by atoms with Crippen molar-refractivity contribution in [3.05, 3.63) is 52.3 Å². The summed E-state index contributed by atoms with van der Waals surface area (Å²) in [5.41, 5.74) is 9.05. The second-order valence-electron chi connectivity index (χ2n) is 4.78. The molecule has 2 heterocycles. The quantitative estimate of drug-likeness (QED) is 0.817. The van der Waals surface area contributed by atoms with Gasteiger partial charge in [0.2, 0.25) is 0 Å². The van der Waals surface area contributed by atoms with E-state index in [-0.39, 0.29) is 5.91 Å². The van der Waals surface area contributed by atoms with E-state index in [0.717, 1.165) is 29.8 Å². The van der Waals surface area contributed by atoms with Crippen LogP contribution in [0.5, 0.6) is 0 Å². The van der Waals surface area contributed by atoms with Crippen LogP contribution in [-0.4, -0.2) is 17.4 Å². The Balaban J connectivity index is 2.01. The van der Waals surface area contributed by atoms with Gasteiger partial charge in [-0.1, -0.05) is 0 Å². The maximum absolute atomic E-state index is 12.7. The predicted octanol–water partition coefficient (Wildman–Crippen LogP) is 3.02. The van der Waals surface area contributed by atoms with Gasteiger partial charge in [-0.2, -0.15) is 0 Å². The van der Waals surface area contributed by atoms with Crippen molar-refractivity contribution in [2.75, 3.05) is 17.2 Å². The Morgan fingerprint density at radius 3 is 3.00 bits per heavy atom. The fraction of sp³-hybridized carbons (Fsp3) is 0.200. The Kier molecular flexibility index (Phi) is 3.44. The molecule has 0 spiro atoms. The van der Waals surface area contributed by atoms with Gasteiger partial charge in [-0.05, 0) is 64.7 Å². The molecular weight excluding hydrogens is 318 g/mol. The van der Waals surface area contributed by atoms with Crippen LogP contribution in [0.3, 0.4) is 0 Å². The van der Waals surface area contributed by atoms with Crippen LogP contribution in [0, 0.1) is 0 Å². The first-order valence-corrected chi connectivity index (χ1v) is 7.27. The zero-order valence-electron chi connectivity index (χ0n) is 10.8. The lowest BCUT2D eigenvalue weighted by Crippen LogP contribution is -2.36. The summed E-state index contributed by atoms with van der Waals surface area (Å²) in [6, 6.07) is 9.32. The summed E-state index contributed by atoms with van der Waals surface area (Å²) in [7, 11) is 0. The number of aromatic nitrogens is 1. The zero-order valence-corrected chi connectivity index (χ0v) is 12.4. The van der Waals surface area contributed by atoms with Crippen LogP contribution in [0.2, 0.25) is 0 Å². The molecule has 0 unspecified atom stereocenters. The summed E-state index contributed by atoms with van der Waals surface area (Å²) >= 11 is 3.39. The van der Waals surface area contributed by atoms with Crippen molar-refractivity contribution in [2.24, 2.45) is 0 Å². The van der Waals surface area contributed by atoms with Crippen molar-refractivity contribution in [3.8, 4) is 0 Å². The third-order valence-electron chi connectivity index (χ3n) is 3.43. The third kappa shape index (κ3) is 2.29. The highest BCUT2D eigenvalue weighted by Crippen LogP contribution is 2.30. The molecule has 1 aromatic heterocycles. The molecule has 1 amide bonds. The van der Waals surface area contributed by atoms with Gasteiger partial charge < -0.3 is 10.6 Å². The topological polar surface area (TPSA) is 59.2 Å². The molecule has 2 N–H and O–H groups in total. The number of pyridine rings is 1. The van der Waals surface area contributed by atoms with Gasteiger partial charge in [0.1, 0.15) is 5.69 Å². The molecule has 3 rings (SSSR count). The molecule has 102 valence electrons. The average Bonchev–Trinajstić information content (AvgIpc) is 2.46. The molecule has 1 aliphatic heterocycles. The molecule has 1 aliphatic rings. The maximum Gasteiger partial charge on any atom is 0.278 e. The third-order valence-corrected chi connectivity index (χ3v) is 4.07. The number of anilines is 2. The number of benzene rings is 1. The number of hydrogen-bond donors (Lipinski definition) is 1. The van der Waals surface area contributed by atoms with Gasteiger partial charge >= 0.3 is 0 Å². The summed E-state index contributed by atoms with van der Waals surface area (Å²) < 4.78 is 0.715. The molecule has 5 heteroatoms. The lowest BCUT2D eigenvalue weighted by Gasteiger charge is -2.29. The minimum Gasteiger partial charge on any atom is -0.399 e. The maximum atomic E-state index is 12.7. The molecule has 0 fully saturated rings. The van der Waals surface area contributed by atoms with Crippen molar-refractivity contribution in [1.82, 2.24) is 4.98 Å². The number of halogens is 1. The van der Waals surface area contributed by atoms with Gasteiger partial charge in [0.15, 0.2) is 0 Å². The summed E-state index contributed by atoms with van der Waals surface area (Å²) in [4.78, 5) is 18.6. The van der Waals surface area contributed by atoms with E-state index in [1.807, 2.05) is 24.3 Å². The molecule has 4 nitrogen and oxygen atoms in total. The highest BCUT2D eigenvalue weighted by Gasteiger charge is 2.25. The Morgan fingerprint density at radius 1 is 1.35 bits per heavy atom. The number of nitrogens with two attached hydrogens (primary N) is 1. The summed E-state index contributed by atoms with van der Waals surface area (Å²) in [5.74, 6) is -0.0804. The van der Waals surface area contributed by atoms with Gasteiger partial charge in [0.05, 0.1) is 0 Å². The molecular formula is C15H14BrN3O. The molecule has 0 atom stereocenters. The van der Waals surface area contributed by atoms with Gasteiger partial charge in [0, 0.05) is 28.6 Å². The van der Waals surface area contributed by atoms with Gasteiger partial charge in [-0.25, -0.2) is 4.98 Å². The fourth-order valence-corrected chi connectivity index (χ4v) is 2.92. The Morgan fingerprint density at radius 2 is 2.20 bits per heavy atom. The van der Waals surface area contributed by atoms with Crippen LogP contribution >= 0.6 is 15.9 Å². The van der Waals surface area contributed by atoms with Crippen LogP contribution in [0.15, 0.2) is 41.0 Å². The van der Waals surface area contributed by atoms with Crippen LogP contribution in [0.25, 0.3) is 0 Å². The van der Waals surface area contributed by atoms with Crippen LogP contribution in [0.4, 0.5) is 11.4 Å². The largest absolute Gasteiger partial charge is 0.399 e. The molecule has 1 aromatic carbocycles. The van der Waals surface area contributed by atoms with Crippen molar-refractivity contribution >= 4 is 33.2 Å².